The fraction of sp³-hybridized carbons (Fsp3) is 0.0588. The molecule has 3 aromatic rings. The van der Waals surface area contributed by atoms with Crippen molar-refractivity contribution < 1.29 is 9.21 Å². The molecule has 0 bridgehead atoms. The number of nitrogens with zero attached hydrogens (tertiary/aromatic N) is 1. The number of hydrogen-bond donors (Lipinski definition) is 0. The Balaban J connectivity index is 0.000000155. The van der Waals surface area contributed by atoms with Crippen LogP contribution in [0.2, 0.25) is 0 Å². The minimum absolute atomic E-state index is 0.126. The zero-order valence-electron chi connectivity index (χ0n) is 11.3. The van der Waals surface area contributed by atoms with Gasteiger partial charge in [0, 0.05) is 11.1 Å². The van der Waals surface area contributed by atoms with Crippen LogP contribution in [0.4, 0.5) is 0 Å². The molecule has 4 heteroatoms. The van der Waals surface area contributed by atoms with E-state index in [4.69, 9.17) is 4.42 Å². The summed E-state index contributed by atoms with van der Waals surface area (Å²) >= 11 is 3.10. The first-order chi connectivity index (χ1) is 10.3. The van der Waals surface area contributed by atoms with Crippen molar-refractivity contribution in [1.29, 1.82) is 0 Å². The standard InChI is InChI=1S/C9H7NO.C8H7BrO/c1-2-4-8(5-3-1)9-6-11-7-10-9;9-6-8(10)7-4-2-1-3-5-7/h1-7H;1-5H,6H2. The number of oxazole rings is 1. The fourth-order valence-electron chi connectivity index (χ4n) is 1.67. The Morgan fingerprint density at radius 3 is 2.14 bits per heavy atom. The topological polar surface area (TPSA) is 43.1 Å². The molecule has 0 saturated carbocycles. The van der Waals surface area contributed by atoms with E-state index in [2.05, 4.69) is 20.9 Å². The van der Waals surface area contributed by atoms with E-state index in [1.54, 1.807) is 6.26 Å². The van der Waals surface area contributed by atoms with Gasteiger partial charge in [0.05, 0.1) is 5.33 Å². The van der Waals surface area contributed by atoms with E-state index in [1.165, 1.54) is 6.39 Å². The highest BCUT2D eigenvalue weighted by atomic mass is 79.9. The van der Waals surface area contributed by atoms with Gasteiger partial charge in [0.2, 0.25) is 0 Å². The number of Topliss-reactive ketones (excluding diaryl/α,β-unsaturated/α-hetero) is 1. The number of halogens is 1. The van der Waals surface area contributed by atoms with Crippen LogP contribution in [0.5, 0.6) is 0 Å². The van der Waals surface area contributed by atoms with Crippen molar-refractivity contribution in [2.45, 2.75) is 0 Å². The van der Waals surface area contributed by atoms with Crippen LogP contribution in [0, 0.1) is 0 Å². The predicted molar refractivity (Wildman–Crippen MR) is 86.5 cm³/mol. The van der Waals surface area contributed by atoms with Crippen molar-refractivity contribution in [3.63, 3.8) is 0 Å². The third-order valence-electron chi connectivity index (χ3n) is 2.72. The first-order valence-electron chi connectivity index (χ1n) is 6.39. The van der Waals surface area contributed by atoms with E-state index in [0.29, 0.717) is 5.33 Å². The van der Waals surface area contributed by atoms with Crippen LogP contribution in [0.1, 0.15) is 10.4 Å². The second-order valence-corrected chi connectivity index (χ2v) is 4.72. The Hall–Kier alpha value is -2.20. The number of aromatic nitrogens is 1. The molecule has 3 rings (SSSR count). The molecule has 1 heterocycles. The number of rotatable bonds is 3. The lowest BCUT2D eigenvalue weighted by Crippen LogP contribution is -1.98. The summed E-state index contributed by atoms with van der Waals surface area (Å²) in [6, 6.07) is 19.2. The number of benzene rings is 2. The normalized spacial score (nSPS) is 9.57. The molecule has 3 nitrogen and oxygen atoms in total. The highest BCUT2D eigenvalue weighted by Crippen LogP contribution is 2.14. The van der Waals surface area contributed by atoms with Gasteiger partial charge >= 0.3 is 0 Å². The molecule has 0 unspecified atom stereocenters. The molecule has 106 valence electrons. The molecule has 0 saturated heterocycles. The van der Waals surface area contributed by atoms with Crippen LogP contribution in [0.3, 0.4) is 0 Å². The van der Waals surface area contributed by atoms with Crippen LogP contribution in [0.25, 0.3) is 11.3 Å². The molecular weight excluding hydrogens is 330 g/mol. The maximum Gasteiger partial charge on any atom is 0.181 e. The van der Waals surface area contributed by atoms with Crippen LogP contribution in [-0.2, 0) is 0 Å². The van der Waals surface area contributed by atoms with Gasteiger partial charge in [0.15, 0.2) is 12.2 Å². The van der Waals surface area contributed by atoms with E-state index < -0.39 is 0 Å². The molecule has 2 aromatic carbocycles. The minimum atomic E-state index is 0.126. The van der Waals surface area contributed by atoms with Crippen molar-refractivity contribution >= 4 is 21.7 Å². The second kappa shape index (κ2) is 8.17. The molecule has 0 radical (unpaired) electrons. The van der Waals surface area contributed by atoms with E-state index >= 15 is 0 Å². The highest BCUT2D eigenvalue weighted by molar-refractivity contribution is 9.09. The largest absolute Gasteiger partial charge is 0.451 e. The highest BCUT2D eigenvalue weighted by Gasteiger charge is 1.99. The fourth-order valence-corrected chi connectivity index (χ4v) is 1.99. The lowest BCUT2D eigenvalue weighted by Gasteiger charge is -1.92. The van der Waals surface area contributed by atoms with Gasteiger partial charge in [-0.15, -0.1) is 0 Å². The lowest BCUT2D eigenvalue weighted by molar-refractivity contribution is 0.102. The molecule has 0 aliphatic rings. The quantitative estimate of drug-likeness (QED) is 0.515. The second-order valence-electron chi connectivity index (χ2n) is 4.16. The van der Waals surface area contributed by atoms with Crippen molar-refractivity contribution in [2.75, 3.05) is 5.33 Å². The van der Waals surface area contributed by atoms with Gasteiger partial charge in [-0.25, -0.2) is 4.98 Å². The first kappa shape index (κ1) is 15.2. The average molecular weight is 344 g/mol. The summed E-state index contributed by atoms with van der Waals surface area (Å²) in [6.07, 6.45) is 3.07. The Morgan fingerprint density at radius 2 is 1.62 bits per heavy atom. The number of hydrogen-bond acceptors (Lipinski definition) is 3. The minimum Gasteiger partial charge on any atom is -0.451 e. The van der Waals surface area contributed by atoms with Gasteiger partial charge < -0.3 is 4.42 Å². The Kier molecular flexibility index (Phi) is 5.91. The third kappa shape index (κ3) is 4.68. The first-order valence-corrected chi connectivity index (χ1v) is 7.51. The summed E-state index contributed by atoms with van der Waals surface area (Å²) < 4.78 is 4.86. The van der Waals surface area contributed by atoms with E-state index in [1.807, 2.05) is 60.7 Å². The molecule has 0 aliphatic carbocycles. The summed E-state index contributed by atoms with van der Waals surface area (Å²) in [5.74, 6) is 0.126. The van der Waals surface area contributed by atoms with Crippen molar-refractivity contribution in [3.8, 4) is 11.3 Å². The van der Waals surface area contributed by atoms with Gasteiger partial charge in [-0.3, -0.25) is 4.79 Å². The number of carbonyl (C=O) groups excluding carboxylic acids is 1. The van der Waals surface area contributed by atoms with Gasteiger partial charge in [-0.05, 0) is 0 Å². The van der Waals surface area contributed by atoms with Gasteiger partial charge in [-0.2, -0.15) is 0 Å². The van der Waals surface area contributed by atoms with Crippen LogP contribution in [-0.4, -0.2) is 16.1 Å². The van der Waals surface area contributed by atoms with Crippen molar-refractivity contribution in [1.82, 2.24) is 4.98 Å². The molecular formula is C17H14BrNO2. The molecule has 0 N–H and O–H groups in total. The molecule has 1 aromatic heterocycles. The van der Waals surface area contributed by atoms with E-state index in [0.717, 1.165) is 16.8 Å². The number of ketones is 1. The van der Waals surface area contributed by atoms with E-state index in [-0.39, 0.29) is 5.78 Å². The number of carbonyl (C=O) groups is 1. The third-order valence-corrected chi connectivity index (χ3v) is 3.23. The summed E-state index contributed by atoms with van der Waals surface area (Å²) in [5.41, 5.74) is 2.73. The smallest absolute Gasteiger partial charge is 0.181 e. The zero-order valence-corrected chi connectivity index (χ0v) is 12.9. The van der Waals surface area contributed by atoms with Crippen LogP contribution >= 0.6 is 15.9 Å². The predicted octanol–water partition coefficient (Wildman–Crippen LogP) is 4.61. The molecule has 21 heavy (non-hydrogen) atoms. The summed E-state index contributed by atoms with van der Waals surface area (Å²) in [7, 11) is 0. The SMILES string of the molecule is O=C(CBr)c1ccccc1.c1ccc(-c2cocn2)cc1. The van der Waals surface area contributed by atoms with Crippen LogP contribution in [0.15, 0.2) is 77.7 Å². The lowest BCUT2D eigenvalue weighted by atomic mass is 10.2. The molecule has 0 fully saturated rings. The van der Waals surface area contributed by atoms with Gasteiger partial charge in [0.1, 0.15) is 12.0 Å². The molecule has 0 aliphatic heterocycles. The Bertz CT molecular complexity index is 652. The van der Waals surface area contributed by atoms with E-state index in [9.17, 15) is 4.79 Å². The monoisotopic (exact) mass is 343 g/mol. The number of alkyl halides is 1. The van der Waals surface area contributed by atoms with Crippen LogP contribution < -0.4 is 0 Å². The maximum absolute atomic E-state index is 11.0. The summed E-state index contributed by atoms with van der Waals surface area (Å²) in [4.78, 5) is 15.0. The maximum atomic E-state index is 11.0. The molecule has 0 amide bonds. The Labute approximate surface area is 131 Å². The summed E-state index contributed by atoms with van der Waals surface area (Å²) in [5, 5.41) is 0.400. The Morgan fingerprint density at radius 1 is 1.00 bits per heavy atom. The average Bonchev–Trinajstić information content (AvgIpc) is 3.11. The summed E-state index contributed by atoms with van der Waals surface area (Å²) in [6.45, 7) is 0. The zero-order chi connectivity index (χ0) is 14.9. The van der Waals surface area contributed by atoms with Crippen molar-refractivity contribution in [3.05, 3.63) is 78.9 Å². The molecule has 0 spiro atoms. The van der Waals surface area contributed by atoms with Gasteiger partial charge in [-0.1, -0.05) is 76.6 Å². The van der Waals surface area contributed by atoms with Crippen molar-refractivity contribution in [2.24, 2.45) is 0 Å². The van der Waals surface area contributed by atoms with Gasteiger partial charge in [0.25, 0.3) is 0 Å². The molecule has 0 atom stereocenters.